The van der Waals surface area contributed by atoms with Gasteiger partial charge >= 0.3 is 0 Å². The number of fused-ring (bicyclic) bond motifs is 1. The average Bonchev–Trinajstić information content (AvgIpc) is 2.91. The van der Waals surface area contributed by atoms with Crippen molar-refractivity contribution in [2.45, 2.75) is 39.1 Å². The van der Waals surface area contributed by atoms with Gasteiger partial charge in [-0.1, -0.05) is 26.0 Å². The minimum absolute atomic E-state index is 0.261. The van der Waals surface area contributed by atoms with E-state index in [1.807, 2.05) is 30.5 Å². The van der Waals surface area contributed by atoms with Gasteiger partial charge in [-0.2, -0.15) is 0 Å². The van der Waals surface area contributed by atoms with Crippen molar-refractivity contribution in [1.29, 1.82) is 0 Å². The van der Waals surface area contributed by atoms with Gasteiger partial charge < -0.3 is 4.57 Å². The van der Waals surface area contributed by atoms with E-state index >= 15 is 0 Å². The third-order valence-corrected chi connectivity index (χ3v) is 5.69. The number of hydrogen-bond acceptors (Lipinski definition) is 3. The molecule has 0 bridgehead atoms. The van der Waals surface area contributed by atoms with Gasteiger partial charge in [0.1, 0.15) is 10.5 Å². The van der Waals surface area contributed by atoms with Gasteiger partial charge in [-0.05, 0) is 49.1 Å². The normalized spacial score (nSPS) is 12.0. The summed E-state index contributed by atoms with van der Waals surface area (Å²) >= 11 is 0. The molecule has 2 aromatic heterocycles. The maximum absolute atomic E-state index is 13.0. The van der Waals surface area contributed by atoms with Crippen molar-refractivity contribution < 1.29 is 8.42 Å². The van der Waals surface area contributed by atoms with E-state index in [0.717, 1.165) is 11.1 Å². The Morgan fingerprint density at radius 1 is 1.16 bits per heavy atom. The zero-order valence-corrected chi connectivity index (χ0v) is 15.8. The second kappa shape index (κ2) is 6.52. The van der Waals surface area contributed by atoms with Crippen molar-refractivity contribution in [3.63, 3.8) is 0 Å². The van der Waals surface area contributed by atoms with Gasteiger partial charge in [0.05, 0.1) is 5.69 Å². The van der Waals surface area contributed by atoms with E-state index in [9.17, 15) is 8.42 Å². The van der Waals surface area contributed by atoms with Crippen LogP contribution in [-0.2, 0) is 16.6 Å². The Bertz CT molecular complexity index is 1020. The van der Waals surface area contributed by atoms with Crippen LogP contribution in [0.2, 0.25) is 0 Å². The first kappa shape index (κ1) is 17.5. The molecule has 0 atom stereocenters. The van der Waals surface area contributed by atoms with Gasteiger partial charge in [0.15, 0.2) is 0 Å². The van der Waals surface area contributed by atoms with Crippen LogP contribution in [0.15, 0.2) is 47.6 Å². The molecule has 1 N–H and O–H groups in total. The second-order valence-electron chi connectivity index (χ2n) is 6.77. The van der Waals surface area contributed by atoms with Crippen molar-refractivity contribution in [2.24, 2.45) is 5.92 Å². The highest BCUT2D eigenvalue weighted by Gasteiger charge is 2.22. The summed E-state index contributed by atoms with van der Waals surface area (Å²) in [6.45, 7) is 8.78. The number of benzene rings is 1. The molecule has 0 saturated carbocycles. The summed E-state index contributed by atoms with van der Waals surface area (Å²) < 4.78 is 30.7. The van der Waals surface area contributed by atoms with Crippen LogP contribution in [0.5, 0.6) is 0 Å². The van der Waals surface area contributed by atoms with Crippen LogP contribution < -0.4 is 4.72 Å². The van der Waals surface area contributed by atoms with Crippen LogP contribution in [0, 0.1) is 19.8 Å². The fourth-order valence-corrected chi connectivity index (χ4v) is 4.23. The minimum Gasteiger partial charge on any atom is -0.331 e. The maximum atomic E-state index is 13.0. The maximum Gasteiger partial charge on any atom is 0.264 e. The topological polar surface area (TPSA) is 64.0 Å². The van der Waals surface area contributed by atoms with Crippen LogP contribution in [-0.4, -0.2) is 18.0 Å². The Morgan fingerprint density at radius 2 is 1.92 bits per heavy atom. The molecule has 0 aliphatic carbocycles. The molecule has 5 nitrogen and oxygen atoms in total. The van der Waals surface area contributed by atoms with Crippen molar-refractivity contribution in [2.75, 3.05) is 4.72 Å². The minimum atomic E-state index is -3.70. The number of anilines is 1. The molecule has 25 heavy (non-hydrogen) atoms. The first-order valence-electron chi connectivity index (χ1n) is 8.32. The zero-order chi connectivity index (χ0) is 18.2. The summed E-state index contributed by atoms with van der Waals surface area (Å²) in [5.74, 6) is 0.389. The van der Waals surface area contributed by atoms with Crippen molar-refractivity contribution in [3.8, 4) is 0 Å². The van der Waals surface area contributed by atoms with Gasteiger partial charge in [0.25, 0.3) is 10.0 Å². The van der Waals surface area contributed by atoms with Crippen LogP contribution in [0.25, 0.3) is 11.0 Å². The van der Waals surface area contributed by atoms with E-state index in [0.29, 0.717) is 29.2 Å². The Balaban J connectivity index is 2.10. The van der Waals surface area contributed by atoms with Crippen LogP contribution >= 0.6 is 0 Å². The molecule has 0 radical (unpaired) electrons. The van der Waals surface area contributed by atoms with Crippen molar-refractivity contribution >= 4 is 26.7 Å². The summed E-state index contributed by atoms with van der Waals surface area (Å²) in [4.78, 5) is 4.64. The molecular weight excluding hydrogens is 334 g/mol. The molecule has 0 unspecified atom stereocenters. The van der Waals surface area contributed by atoms with E-state index in [2.05, 4.69) is 23.6 Å². The SMILES string of the molecule is Cc1cccc(NS(=O)(=O)c2cn(CC(C)C)c3ncccc23)c1C. The van der Waals surface area contributed by atoms with Crippen LogP contribution in [0.4, 0.5) is 5.69 Å². The quantitative estimate of drug-likeness (QED) is 0.747. The molecule has 0 amide bonds. The number of aryl methyl sites for hydroxylation is 1. The Labute approximate surface area is 148 Å². The summed E-state index contributed by atoms with van der Waals surface area (Å²) in [7, 11) is -3.70. The molecular formula is C19H23N3O2S. The summed E-state index contributed by atoms with van der Waals surface area (Å²) in [5, 5.41) is 0.640. The number of pyridine rings is 1. The summed E-state index contributed by atoms with van der Waals surface area (Å²) in [5.41, 5.74) is 3.27. The van der Waals surface area contributed by atoms with E-state index in [1.165, 1.54) is 0 Å². The third kappa shape index (κ3) is 3.39. The van der Waals surface area contributed by atoms with E-state index in [4.69, 9.17) is 0 Å². The molecule has 3 aromatic rings. The fraction of sp³-hybridized carbons (Fsp3) is 0.316. The van der Waals surface area contributed by atoms with Crippen molar-refractivity contribution in [1.82, 2.24) is 9.55 Å². The molecule has 6 heteroatoms. The third-order valence-electron chi connectivity index (χ3n) is 4.30. The molecule has 1 aromatic carbocycles. The Hall–Kier alpha value is -2.34. The highest BCUT2D eigenvalue weighted by Crippen LogP contribution is 2.28. The Kier molecular flexibility index (Phi) is 4.56. The lowest BCUT2D eigenvalue weighted by atomic mass is 10.1. The second-order valence-corrected chi connectivity index (χ2v) is 8.42. The molecule has 0 saturated heterocycles. The van der Waals surface area contributed by atoms with Crippen LogP contribution in [0.1, 0.15) is 25.0 Å². The monoisotopic (exact) mass is 357 g/mol. The van der Waals surface area contributed by atoms with E-state index in [-0.39, 0.29) is 4.90 Å². The van der Waals surface area contributed by atoms with E-state index < -0.39 is 10.0 Å². The lowest BCUT2D eigenvalue weighted by Gasteiger charge is -2.11. The number of rotatable bonds is 5. The molecule has 132 valence electrons. The molecule has 0 fully saturated rings. The first-order valence-corrected chi connectivity index (χ1v) is 9.81. The molecule has 2 heterocycles. The van der Waals surface area contributed by atoms with E-state index in [1.54, 1.807) is 30.6 Å². The van der Waals surface area contributed by atoms with Gasteiger partial charge in [-0.25, -0.2) is 13.4 Å². The highest BCUT2D eigenvalue weighted by atomic mass is 32.2. The van der Waals surface area contributed by atoms with Crippen LogP contribution in [0.3, 0.4) is 0 Å². The molecule has 0 aliphatic heterocycles. The van der Waals surface area contributed by atoms with Gasteiger partial charge in [0, 0.05) is 24.3 Å². The number of nitrogens with zero attached hydrogens (tertiary/aromatic N) is 2. The summed E-state index contributed by atoms with van der Waals surface area (Å²) in [6, 6.07) is 9.16. The Morgan fingerprint density at radius 3 is 2.64 bits per heavy atom. The lowest BCUT2D eigenvalue weighted by molar-refractivity contribution is 0.530. The fourth-order valence-electron chi connectivity index (χ4n) is 2.90. The molecule has 0 aliphatic rings. The largest absolute Gasteiger partial charge is 0.331 e. The van der Waals surface area contributed by atoms with Crippen molar-refractivity contribution in [3.05, 3.63) is 53.9 Å². The molecule has 0 spiro atoms. The number of sulfonamides is 1. The van der Waals surface area contributed by atoms with Gasteiger partial charge in [-0.3, -0.25) is 4.72 Å². The lowest BCUT2D eigenvalue weighted by Crippen LogP contribution is -2.14. The first-order chi connectivity index (χ1) is 11.8. The smallest absolute Gasteiger partial charge is 0.264 e. The number of hydrogen-bond donors (Lipinski definition) is 1. The summed E-state index contributed by atoms with van der Waals surface area (Å²) in [6.07, 6.45) is 3.37. The number of nitrogens with one attached hydrogen (secondary N) is 1. The van der Waals surface area contributed by atoms with Gasteiger partial charge in [0.2, 0.25) is 0 Å². The average molecular weight is 357 g/mol. The predicted molar refractivity (Wildman–Crippen MR) is 101 cm³/mol. The van der Waals surface area contributed by atoms with Gasteiger partial charge in [-0.15, -0.1) is 0 Å². The highest BCUT2D eigenvalue weighted by molar-refractivity contribution is 7.93. The molecule has 3 rings (SSSR count). The number of aromatic nitrogens is 2. The predicted octanol–water partition coefficient (Wildman–Crippen LogP) is 4.11. The zero-order valence-electron chi connectivity index (χ0n) is 14.9. The standard InChI is InChI=1S/C19H23N3O2S/c1-13(2)11-22-12-18(16-8-6-10-20-19(16)22)25(23,24)21-17-9-5-7-14(3)15(17)4/h5-10,12-13,21H,11H2,1-4H3.